The van der Waals surface area contributed by atoms with Crippen molar-refractivity contribution in [1.29, 1.82) is 0 Å². The van der Waals surface area contributed by atoms with Crippen molar-refractivity contribution in [2.75, 3.05) is 48.5 Å². The Balaban J connectivity index is 1.30. The number of rotatable bonds is 7. The molecule has 1 aliphatic carbocycles. The zero-order valence-corrected chi connectivity index (χ0v) is 23.4. The highest BCUT2D eigenvalue weighted by molar-refractivity contribution is 7.93. The van der Waals surface area contributed by atoms with Crippen LogP contribution in [0.5, 0.6) is 0 Å². The van der Waals surface area contributed by atoms with E-state index in [0.717, 1.165) is 5.56 Å². The molecule has 2 amide bonds. The van der Waals surface area contributed by atoms with Crippen LogP contribution in [0.3, 0.4) is 0 Å². The maximum Gasteiger partial charge on any atom is 0.323 e. The molecule has 1 aromatic carbocycles. The molecular formula is C27H33N7O5S. The molecule has 0 bridgehead atoms. The quantitative estimate of drug-likeness (QED) is 0.441. The lowest BCUT2D eigenvalue weighted by Crippen LogP contribution is -2.44. The predicted octanol–water partition coefficient (Wildman–Crippen LogP) is 2.94. The van der Waals surface area contributed by atoms with Crippen molar-refractivity contribution in [3.63, 3.8) is 0 Å². The number of hydrogen-bond donors (Lipinski definition) is 2. The Morgan fingerprint density at radius 3 is 2.45 bits per heavy atom. The number of anilines is 3. The molecule has 2 aromatic heterocycles. The topological polar surface area (TPSA) is 141 Å². The lowest BCUT2D eigenvalue weighted by Gasteiger charge is -2.35. The second-order valence-corrected chi connectivity index (χ2v) is 13.2. The number of ether oxygens (including phenoxy) is 2. The number of urea groups is 1. The monoisotopic (exact) mass is 567 g/mol. The van der Waals surface area contributed by atoms with Gasteiger partial charge in [-0.1, -0.05) is 0 Å². The standard InChI is InChI=1S/C27H33N7O5S/c1-18-16-39-12-10-34(18)24-13-23(27(8-9-27)40(36,37)22-7-11-38-17-22)31-25(32-24)19-3-5-20(6-4-19)29-26(35)30-21-14-28-33(2)15-21/h3-6,13-15,18,22H,7-12,16-17H2,1-2H3,(H2,29,30,35)/t18-,22?/m0/s1. The maximum atomic E-state index is 13.8. The normalized spacial score (nSPS) is 22.2. The van der Waals surface area contributed by atoms with Crippen LogP contribution in [0.25, 0.3) is 11.4 Å². The molecule has 2 atom stereocenters. The van der Waals surface area contributed by atoms with E-state index in [1.807, 2.05) is 18.2 Å². The van der Waals surface area contributed by atoms with Crippen LogP contribution in [0, 0.1) is 0 Å². The number of carbonyl (C=O) groups is 1. The molecular weight excluding hydrogens is 534 g/mol. The number of amides is 2. The van der Waals surface area contributed by atoms with Gasteiger partial charge in [0.05, 0.1) is 48.7 Å². The summed E-state index contributed by atoms with van der Waals surface area (Å²) in [5, 5.41) is 9.06. The molecule has 13 heteroatoms. The fourth-order valence-electron chi connectivity index (χ4n) is 5.37. The Hall–Kier alpha value is -3.55. The number of benzene rings is 1. The fourth-order valence-corrected chi connectivity index (χ4v) is 7.76. The van der Waals surface area contributed by atoms with Gasteiger partial charge in [0.25, 0.3) is 0 Å². The molecule has 6 rings (SSSR count). The van der Waals surface area contributed by atoms with Gasteiger partial charge in [-0.2, -0.15) is 5.10 Å². The smallest absolute Gasteiger partial charge is 0.323 e. The van der Waals surface area contributed by atoms with E-state index in [9.17, 15) is 13.2 Å². The molecule has 212 valence electrons. The van der Waals surface area contributed by atoms with Crippen LogP contribution >= 0.6 is 0 Å². The van der Waals surface area contributed by atoms with E-state index in [0.29, 0.717) is 74.3 Å². The molecule has 2 aliphatic heterocycles. The molecule has 2 N–H and O–H groups in total. The lowest BCUT2D eigenvalue weighted by atomic mass is 10.1. The largest absolute Gasteiger partial charge is 0.380 e. The van der Waals surface area contributed by atoms with Crippen molar-refractivity contribution < 1.29 is 22.7 Å². The molecule has 4 heterocycles. The average molecular weight is 568 g/mol. The molecule has 1 unspecified atom stereocenters. The van der Waals surface area contributed by atoms with Crippen LogP contribution in [0.4, 0.5) is 22.0 Å². The zero-order valence-electron chi connectivity index (χ0n) is 22.5. The first kappa shape index (κ1) is 26.7. The van der Waals surface area contributed by atoms with Gasteiger partial charge >= 0.3 is 6.03 Å². The van der Waals surface area contributed by atoms with Gasteiger partial charge in [0.1, 0.15) is 10.6 Å². The Kier molecular flexibility index (Phi) is 6.97. The highest BCUT2D eigenvalue weighted by Gasteiger charge is 2.60. The molecule has 3 fully saturated rings. The van der Waals surface area contributed by atoms with Crippen LogP contribution in [-0.4, -0.2) is 78.5 Å². The number of morpholine rings is 1. The number of nitrogens with one attached hydrogen (secondary N) is 2. The summed E-state index contributed by atoms with van der Waals surface area (Å²) in [6, 6.07) is 8.73. The van der Waals surface area contributed by atoms with E-state index in [4.69, 9.17) is 19.4 Å². The van der Waals surface area contributed by atoms with Gasteiger partial charge in [-0.05, 0) is 50.5 Å². The molecule has 0 spiro atoms. The summed E-state index contributed by atoms with van der Waals surface area (Å²) in [4.78, 5) is 24.3. The van der Waals surface area contributed by atoms with E-state index >= 15 is 0 Å². The minimum Gasteiger partial charge on any atom is -0.380 e. The SMILES string of the molecule is C[C@H]1COCCN1c1cc(C2(S(=O)(=O)C3CCOC3)CC2)nc(-c2ccc(NC(=O)Nc3cnn(C)c3)cc2)n1. The van der Waals surface area contributed by atoms with Gasteiger partial charge in [0.2, 0.25) is 0 Å². The van der Waals surface area contributed by atoms with Crippen molar-refractivity contribution in [3.8, 4) is 11.4 Å². The first-order valence-corrected chi connectivity index (χ1v) is 15.0. The third-order valence-electron chi connectivity index (χ3n) is 7.78. The predicted molar refractivity (Wildman–Crippen MR) is 150 cm³/mol. The number of aromatic nitrogens is 4. The summed E-state index contributed by atoms with van der Waals surface area (Å²) in [6.45, 7) is 4.56. The van der Waals surface area contributed by atoms with Gasteiger partial charge in [0.15, 0.2) is 15.7 Å². The van der Waals surface area contributed by atoms with Gasteiger partial charge in [-0.15, -0.1) is 0 Å². The van der Waals surface area contributed by atoms with Crippen LogP contribution in [0.1, 0.15) is 31.9 Å². The van der Waals surface area contributed by atoms with Crippen molar-refractivity contribution in [3.05, 3.63) is 48.4 Å². The first-order chi connectivity index (χ1) is 19.2. The Bertz CT molecular complexity index is 1500. The molecule has 0 radical (unpaired) electrons. The third-order valence-corrected chi connectivity index (χ3v) is 10.7. The second-order valence-electron chi connectivity index (χ2n) is 10.6. The van der Waals surface area contributed by atoms with Crippen molar-refractivity contribution in [2.45, 2.75) is 42.2 Å². The summed E-state index contributed by atoms with van der Waals surface area (Å²) >= 11 is 0. The number of aryl methyl sites for hydroxylation is 1. The first-order valence-electron chi connectivity index (χ1n) is 13.5. The van der Waals surface area contributed by atoms with Gasteiger partial charge in [-0.25, -0.2) is 23.2 Å². The summed E-state index contributed by atoms with van der Waals surface area (Å²) in [7, 11) is -1.73. The average Bonchev–Trinajstić information content (AvgIpc) is 3.38. The Morgan fingerprint density at radius 1 is 1.05 bits per heavy atom. The van der Waals surface area contributed by atoms with Crippen molar-refractivity contribution >= 4 is 33.1 Å². The summed E-state index contributed by atoms with van der Waals surface area (Å²) in [6.07, 6.45) is 4.85. The van der Waals surface area contributed by atoms with Gasteiger partial charge in [0, 0.05) is 43.7 Å². The van der Waals surface area contributed by atoms with E-state index < -0.39 is 19.8 Å². The molecule has 12 nitrogen and oxygen atoms in total. The summed E-state index contributed by atoms with van der Waals surface area (Å²) < 4.78 is 39.2. The second kappa shape index (κ2) is 10.5. The number of carbonyl (C=O) groups excluding carboxylic acids is 1. The zero-order chi connectivity index (χ0) is 27.9. The molecule has 2 saturated heterocycles. The van der Waals surface area contributed by atoms with E-state index in [2.05, 4.69) is 27.6 Å². The van der Waals surface area contributed by atoms with Crippen LogP contribution in [0.15, 0.2) is 42.7 Å². The molecule has 3 aliphatic rings. The van der Waals surface area contributed by atoms with E-state index in [-0.39, 0.29) is 18.7 Å². The maximum absolute atomic E-state index is 13.8. The highest BCUT2D eigenvalue weighted by Crippen LogP contribution is 2.55. The van der Waals surface area contributed by atoms with Crippen molar-refractivity contribution in [1.82, 2.24) is 19.7 Å². The molecule has 3 aromatic rings. The third kappa shape index (κ3) is 5.04. The van der Waals surface area contributed by atoms with E-state index in [1.165, 1.54) is 0 Å². The summed E-state index contributed by atoms with van der Waals surface area (Å²) in [5.74, 6) is 1.14. The number of hydrogen-bond acceptors (Lipinski definition) is 9. The number of sulfone groups is 1. The van der Waals surface area contributed by atoms with Crippen LogP contribution in [-0.2, 0) is 31.1 Å². The Labute approximate surface area is 233 Å². The Morgan fingerprint density at radius 2 is 1.80 bits per heavy atom. The minimum atomic E-state index is -3.50. The van der Waals surface area contributed by atoms with Gasteiger partial charge in [-0.3, -0.25) is 4.68 Å². The lowest BCUT2D eigenvalue weighted by molar-refractivity contribution is 0.0985. The summed E-state index contributed by atoms with van der Waals surface area (Å²) in [5.41, 5.74) is 2.43. The highest BCUT2D eigenvalue weighted by atomic mass is 32.2. The van der Waals surface area contributed by atoms with Crippen LogP contribution < -0.4 is 15.5 Å². The van der Waals surface area contributed by atoms with E-state index in [1.54, 1.807) is 36.3 Å². The van der Waals surface area contributed by atoms with Crippen LogP contribution in [0.2, 0.25) is 0 Å². The fraction of sp³-hybridized carbons (Fsp3) is 0.481. The molecule has 1 saturated carbocycles. The van der Waals surface area contributed by atoms with Crippen molar-refractivity contribution in [2.24, 2.45) is 7.05 Å². The molecule has 40 heavy (non-hydrogen) atoms. The van der Waals surface area contributed by atoms with Gasteiger partial charge < -0.3 is 25.0 Å². The minimum absolute atomic E-state index is 0.0873. The number of nitrogens with zero attached hydrogens (tertiary/aromatic N) is 5.